The molecule has 2 aromatic rings. The summed E-state index contributed by atoms with van der Waals surface area (Å²) >= 11 is 2.17. The summed E-state index contributed by atoms with van der Waals surface area (Å²) in [7, 11) is 1.83. The average Bonchev–Trinajstić information content (AvgIpc) is 2.68. The average molecular weight is 327 g/mol. The quantitative estimate of drug-likeness (QED) is 0.861. The molecule has 4 nitrogen and oxygen atoms in total. The van der Waals surface area contributed by atoms with Crippen LogP contribution in [0.25, 0.3) is 0 Å². The first-order valence-electron chi connectivity index (χ1n) is 4.71. The highest BCUT2D eigenvalue weighted by molar-refractivity contribution is 14.1. The van der Waals surface area contributed by atoms with Gasteiger partial charge in [0.05, 0.1) is 0 Å². The summed E-state index contributed by atoms with van der Waals surface area (Å²) < 4.78 is 2.80. The minimum absolute atomic E-state index is 0.152. The fourth-order valence-corrected chi connectivity index (χ4v) is 1.65. The molecular formula is C11H10IN3O. The highest BCUT2D eigenvalue weighted by atomic mass is 127. The van der Waals surface area contributed by atoms with Crippen molar-refractivity contribution < 1.29 is 4.79 Å². The van der Waals surface area contributed by atoms with Gasteiger partial charge in [-0.15, -0.1) is 0 Å². The summed E-state index contributed by atoms with van der Waals surface area (Å²) in [6, 6.07) is 7.27. The third-order valence-electron chi connectivity index (χ3n) is 2.15. The van der Waals surface area contributed by atoms with Crippen molar-refractivity contribution in [3.05, 3.63) is 45.9 Å². The molecule has 0 aliphatic carbocycles. The molecule has 0 fully saturated rings. The monoisotopic (exact) mass is 327 g/mol. The van der Waals surface area contributed by atoms with Crippen LogP contribution in [-0.2, 0) is 7.05 Å². The number of carbonyl (C=O) groups excluding carboxylic acids is 1. The Labute approximate surface area is 107 Å². The van der Waals surface area contributed by atoms with Crippen molar-refractivity contribution in [2.24, 2.45) is 7.05 Å². The second-order valence-electron chi connectivity index (χ2n) is 3.32. The number of aromatic nitrogens is 2. The molecule has 0 bridgehead atoms. The highest BCUT2D eigenvalue weighted by Crippen LogP contribution is 2.09. The lowest BCUT2D eigenvalue weighted by atomic mass is 10.4. The minimum Gasteiger partial charge on any atom is -0.347 e. The van der Waals surface area contributed by atoms with Crippen molar-refractivity contribution in [1.82, 2.24) is 9.55 Å². The van der Waals surface area contributed by atoms with Crippen LogP contribution in [0.1, 0.15) is 10.5 Å². The van der Waals surface area contributed by atoms with Crippen LogP contribution >= 0.6 is 22.6 Å². The number of halogens is 1. The van der Waals surface area contributed by atoms with Gasteiger partial charge in [-0.25, -0.2) is 4.98 Å². The summed E-state index contributed by atoms with van der Waals surface area (Å²) in [6.45, 7) is 0. The van der Waals surface area contributed by atoms with E-state index in [1.165, 1.54) is 0 Å². The van der Waals surface area contributed by atoms with Crippen molar-refractivity contribution in [2.45, 2.75) is 0 Å². The summed E-state index contributed by atoms with van der Waals surface area (Å²) in [5.74, 6) is 0.410. The molecule has 1 N–H and O–H groups in total. The Morgan fingerprint density at radius 1 is 1.44 bits per heavy atom. The maximum atomic E-state index is 11.8. The number of anilines is 1. The number of nitrogens with one attached hydrogen (secondary N) is 1. The summed E-state index contributed by atoms with van der Waals surface area (Å²) in [5, 5.41) is 2.74. The van der Waals surface area contributed by atoms with E-state index in [4.69, 9.17) is 0 Å². The van der Waals surface area contributed by atoms with Crippen LogP contribution in [0.2, 0.25) is 0 Å². The Morgan fingerprint density at radius 3 is 2.81 bits per heavy atom. The predicted molar refractivity (Wildman–Crippen MR) is 70.3 cm³/mol. The first-order valence-corrected chi connectivity index (χ1v) is 5.79. The van der Waals surface area contributed by atoms with Gasteiger partial charge in [0.1, 0.15) is 11.5 Å². The number of hydrogen-bond acceptors (Lipinski definition) is 2. The van der Waals surface area contributed by atoms with Crippen LogP contribution < -0.4 is 5.32 Å². The van der Waals surface area contributed by atoms with Crippen LogP contribution in [0.3, 0.4) is 0 Å². The van der Waals surface area contributed by atoms with Gasteiger partial charge < -0.3 is 9.88 Å². The topological polar surface area (TPSA) is 46.9 Å². The molecule has 0 atom stereocenters. The Bertz CT molecular complexity index is 504. The maximum absolute atomic E-state index is 11.8. The van der Waals surface area contributed by atoms with Gasteiger partial charge in [0.15, 0.2) is 0 Å². The third kappa shape index (κ3) is 2.41. The first-order chi connectivity index (χ1) is 7.66. The molecule has 0 saturated heterocycles. The number of rotatable bonds is 2. The van der Waals surface area contributed by atoms with Crippen LogP contribution in [0, 0.1) is 3.57 Å². The largest absolute Gasteiger partial charge is 0.347 e. The lowest BCUT2D eigenvalue weighted by molar-refractivity contribution is 0.101. The molecule has 0 radical (unpaired) electrons. The normalized spacial score (nSPS) is 10.1. The maximum Gasteiger partial charge on any atom is 0.273 e. The van der Waals surface area contributed by atoms with Gasteiger partial charge in [-0.1, -0.05) is 0 Å². The Balaban J connectivity index is 2.14. The fraction of sp³-hybridized carbons (Fsp3) is 0.0909. The molecule has 0 aliphatic heterocycles. The van der Waals surface area contributed by atoms with Gasteiger partial charge in [-0.2, -0.15) is 0 Å². The number of pyridine rings is 1. The molecule has 1 amide bonds. The van der Waals surface area contributed by atoms with E-state index >= 15 is 0 Å². The third-order valence-corrected chi connectivity index (χ3v) is 2.78. The van der Waals surface area contributed by atoms with E-state index in [1.54, 1.807) is 22.9 Å². The standard InChI is InChI=1S/C11H10IN3O/c1-15-6-2-3-9(15)11(16)14-10-5-4-8(12)7-13-10/h2-7H,1H3,(H,13,14,16). The minimum atomic E-state index is -0.152. The van der Waals surface area contributed by atoms with E-state index in [1.807, 2.05) is 25.4 Å². The molecule has 2 heterocycles. The summed E-state index contributed by atoms with van der Waals surface area (Å²) in [6.07, 6.45) is 3.54. The molecule has 5 heteroatoms. The Hall–Kier alpha value is -1.37. The zero-order valence-electron chi connectivity index (χ0n) is 8.64. The smallest absolute Gasteiger partial charge is 0.273 e. The number of carbonyl (C=O) groups is 1. The molecule has 0 saturated carbocycles. The number of hydrogen-bond donors (Lipinski definition) is 1. The SMILES string of the molecule is Cn1cccc1C(=O)Nc1ccc(I)cn1. The van der Waals surface area contributed by atoms with E-state index in [2.05, 4.69) is 32.9 Å². The molecule has 0 aromatic carbocycles. The van der Waals surface area contributed by atoms with E-state index in [0.29, 0.717) is 11.5 Å². The van der Waals surface area contributed by atoms with Crippen molar-refractivity contribution >= 4 is 34.3 Å². The molecule has 82 valence electrons. The van der Waals surface area contributed by atoms with Crippen molar-refractivity contribution in [3.63, 3.8) is 0 Å². The van der Waals surface area contributed by atoms with Crippen LogP contribution in [0.4, 0.5) is 5.82 Å². The number of aryl methyl sites for hydroxylation is 1. The highest BCUT2D eigenvalue weighted by Gasteiger charge is 2.09. The van der Waals surface area contributed by atoms with Gasteiger partial charge in [0, 0.05) is 23.0 Å². The zero-order chi connectivity index (χ0) is 11.5. The van der Waals surface area contributed by atoms with Crippen molar-refractivity contribution in [1.29, 1.82) is 0 Å². The summed E-state index contributed by atoms with van der Waals surface area (Å²) in [5.41, 5.74) is 0.611. The van der Waals surface area contributed by atoms with E-state index in [-0.39, 0.29) is 5.91 Å². The van der Waals surface area contributed by atoms with Gasteiger partial charge >= 0.3 is 0 Å². The van der Waals surface area contributed by atoms with E-state index in [0.717, 1.165) is 3.57 Å². The second kappa shape index (κ2) is 4.65. The van der Waals surface area contributed by atoms with Gasteiger partial charge in [-0.05, 0) is 46.9 Å². The van der Waals surface area contributed by atoms with Gasteiger partial charge in [0.25, 0.3) is 5.91 Å². The second-order valence-corrected chi connectivity index (χ2v) is 4.57. The van der Waals surface area contributed by atoms with Gasteiger partial charge in [0.2, 0.25) is 0 Å². The number of amides is 1. The van der Waals surface area contributed by atoms with Crippen molar-refractivity contribution in [2.75, 3.05) is 5.32 Å². The van der Waals surface area contributed by atoms with Crippen LogP contribution in [0.5, 0.6) is 0 Å². The molecule has 0 aliphatic rings. The Kier molecular flexibility index (Phi) is 3.23. The molecule has 0 unspecified atom stereocenters. The first kappa shape index (κ1) is 11.1. The van der Waals surface area contributed by atoms with Crippen LogP contribution in [-0.4, -0.2) is 15.5 Å². The van der Waals surface area contributed by atoms with E-state index < -0.39 is 0 Å². The molecular weight excluding hydrogens is 317 g/mol. The lowest BCUT2D eigenvalue weighted by Crippen LogP contribution is -2.16. The van der Waals surface area contributed by atoms with Crippen LogP contribution in [0.15, 0.2) is 36.7 Å². The summed E-state index contributed by atoms with van der Waals surface area (Å²) in [4.78, 5) is 15.9. The van der Waals surface area contributed by atoms with Crippen molar-refractivity contribution in [3.8, 4) is 0 Å². The van der Waals surface area contributed by atoms with E-state index in [9.17, 15) is 4.79 Å². The number of nitrogens with zero attached hydrogens (tertiary/aromatic N) is 2. The van der Waals surface area contributed by atoms with Gasteiger partial charge in [-0.3, -0.25) is 4.79 Å². The fourth-order valence-electron chi connectivity index (χ4n) is 1.33. The zero-order valence-corrected chi connectivity index (χ0v) is 10.8. The lowest BCUT2D eigenvalue weighted by Gasteiger charge is -2.05. The molecule has 2 rings (SSSR count). The molecule has 16 heavy (non-hydrogen) atoms. The predicted octanol–water partition coefficient (Wildman–Crippen LogP) is 2.28. The Morgan fingerprint density at radius 2 is 2.25 bits per heavy atom. The molecule has 2 aromatic heterocycles. The molecule has 0 spiro atoms.